The highest BCUT2D eigenvalue weighted by molar-refractivity contribution is 4.83. The van der Waals surface area contributed by atoms with Gasteiger partial charge in [0.05, 0.1) is 0 Å². The fraction of sp³-hybridized carbons (Fsp3) is 1.00. The second-order valence-corrected chi connectivity index (χ2v) is 4.93. The number of piperidine rings is 1. The number of likely N-dealkylation sites (tertiary alicyclic amines) is 1. The van der Waals surface area contributed by atoms with Crippen molar-refractivity contribution in [3.05, 3.63) is 0 Å². The minimum atomic E-state index is 0.774. The number of hydrogen-bond acceptors (Lipinski definition) is 2. The molecule has 0 aromatic carbocycles. The molecule has 1 unspecified atom stereocenters. The van der Waals surface area contributed by atoms with Gasteiger partial charge in [0.25, 0.3) is 0 Å². The Morgan fingerprint density at radius 3 is 2.64 bits per heavy atom. The van der Waals surface area contributed by atoms with Gasteiger partial charge in [-0.05, 0) is 31.2 Å². The van der Waals surface area contributed by atoms with Gasteiger partial charge in [-0.3, -0.25) is 4.90 Å². The van der Waals surface area contributed by atoms with Crippen molar-refractivity contribution < 1.29 is 0 Å². The van der Waals surface area contributed by atoms with Crippen LogP contribution >= 0.6 is 0 Å². The molecule has 2 heteroatoms. The van der Waals surface area contributed by atoms with Crippen LogP contribution in [0.25, 0.3) is 0 Å². The summed E-state index contributed by atoms with van der Waals surface area (Å²) >= 11 is 0. The molecule has 1 fully saturated rings. The zero-order valence-corrected chi connectivity index (χ0v) is 10.00. The third-order valence-corrected chi connectivity index (χ3v) is 3.63. The number of hydrogen-bond donors (Lipinski definition) is 1. The molecule has 14 heavy (non-hydrogen) atoms. The van der Waals surface area contributed by atoms with Gasteiger partial charge in [-0.2, -0.15) is 0 Å². The summed E-state index contributed by atoms with van der Waals surface area (Å²) in [4.78, 5) is 2.59. The molecule has 0 radical (unpaired) electrons. The molecule has 0 saturated carbocycles. The van der Waals surface area contributed by atoms with Crippen LogP contribution in [0.4, 0.5) is 0 Å². The van der Waals surface area contributed by atoms with Crippen molar-refractivity contribution >= 4 is 0 Å². The average Bonchev–Trinajstić information content (AvgIpc) is 2.18. The molecule has 0 amide bonds. The summed E-state index contributed by atoms with van der Waals surface area (Å²) in [6.45, 7) is 10.1. The normalized spacial score (nSPS) is 29.8. The molecule has 0 aromatic heterocycles. The summed E-state index contributed by atoms with van der Waals surface area (Å²) in [5.74, 6) is 1.73. The lowest BCUT2D eigenvalue weighted by Crippen LogP contribution is -2.47. The Hall–Kier alpha value is -0.0800. The predicted molar refractivity (Wildman–Crippen MR) is 62.3 cm³/mol. The Bertz CT molecular complexity index is 156. The van der Waals surface area contributed by atoms with E-state index in [2.05, 4.69) is 25.7 Å². The van der Waals surface area contributed by atoms with Crippen LogP contribution in [0.2, 0.25) is 0 Å². The first-order chi connectivity index (χ1) is 6.69. The maximum absolute atomic E-state index is 5.65. The van der Waals surface area contributed by atoms with E-state index < -0.39 is 0 Å². The van der Waals surface area contributed by atoms with Crippen molar-refractivity contribution in [1.29, 1.82) is 0 Å². The third-order valence-electron chi connectivity index (χ3n) is 3.63. The van der Waals surface area contributed by atoms with E-state index in [1.165, 1.54) is 25.8 Å². The first-order valence-corrected chi connectivity index (χ1v) is 6.13. The third kappa shape index (κ3) is 2.96. The van der Waals surface area contributed by atoms with E-state index in [1.807, 2.05) is 0 Å². The predicted octanol–water partition coefficient (Wildman–Crippen LogP) is 2.09. The van der Waals surface area contributed by atoms with E-state index in [9.17, 15) is 0 Å². The highest BCUT2D eigenvalue weighted by atomic mass is 15.2. The second kappa shape index (κ2) is 5.72. The molecule has 0 spiro atoms. The monoisotopic (exact) mass is 198 g/mol. The first-order valence-electron chi connectivity index (χ1n) is 6.13. The van der Waals surface area contributed by atoms with Crippen molar-refractivity contribution in [3.8, 4) is 0 Å². The van der Waals surface area contributed by atoms with Crippen LogP contribution in [0.3, 0.4) is 0 Å². The molecule has 1 heterocycles. The van der Waals surface area contributed by atoms with Crippen LogP contribution in [0, 0.1) is 11.8 Å². The standard InChI is InChI=1S/C12H26N2/c1-4-11-5-7-14(8-6-13)12(9-11)10(2)3/h10-12H,4-9,13H2,1-3H3/t11?,12-/m0/s1. The van der Waals surface area contributed by atoms with Gasteiger partial charge in [-0.25, -0.2) is 0 Å². The van der Waals surface area contributed by atoms with Gasteiger partial charge in [0, 0.05) is 19.1 Å². The van der Waals surface area contributed by atoms with Gasteiger partial charge in [-0.15, -0.1) is 0 Å². The maximum Gasteiger partial charge on any atom is 0.0121 e. The molecule has 1 aliphatic rings. The second-order valence-electron chi connectivity index (χ2n) is 4.93. The molecule has 1 saturated heterocycles. The van der Waals surface area contributed by atoms with Crippen LogP contribution < -0.4 is 5.73 Å². The van der Waals surface area contributed by atoms with Crippen molar-refractivity contribution in [1.82, 2.24) is 4.90 Å². The van der Waals surface area contributed by atoms with Crippen LogP contribution in [-0.2, 0) is 0 Å². The van der Waals surface area contributed by atoms with E-state index in [0.717, 1.165) is 31.0 Å². The highest BCUT2D eigenvalue weighted by Crippen LogP contribution is 2.28. The van der Waals surface area contributed by atoms with Gasteiger partial charge < -0.3 is 5.73 Å². The number of nitrogens with two attached hydrogens (primary N) is 1. The van der Waals surface area contributed by atoms with E-state index in [4.69, 9.17) is 5.73 Å². The van der Waals surface area contributed by atoms with E-state index in [0.29, 0.717) is 0 Å². The fourth-order valence-corrected chi connectivity index (χ4v) is 2.63. The van der Waals surface area contributed by atoms with Crippen molar-refractivity contribution in [2.75, 3.05) is 19.6 Å². The molecule has 1 aliphatic heterocycles. The summed E-state index contributed by atoms with van der Waals surface area (Å²) in [6.07, 6.45) is 4.10. The Morgan fingerprint density at radius 2 is 2.14 bits per heavy atom. The summed E-state index contributed by atoms with van der Waals surface area (Å²) in [6, 6.07) is 0.775. The highest BCUT2D eigenvalue weighted by Gasteiger charge is 2.28. The zero-order valence-electron chi connectivity index (χ0n) is 10.00. The van der Waals surface area contributed by atoms with Crippen LogP contribution in [0.5, 0.6) is 0 Å². The number of nitrogens with zero attached hydrogens (tertiary/aromatic N) is 1. The average molecular weight is 198 g/mol. The summed E-state index contributed by atoms with van der Waals surface area (Å²) in [7, 11) is 0. The van der Waals surface area contributed by atoms with Crippen molar-refractivity contribution in [2.24, 2.45) is 17.6 Å². The van der Waals surface area contributed by atoms with E-state index >= 15 is 0 Å². The SMILES string of the molecule is CCC1CCN(CCN)[C@H](C(C)C)C1. The zero-order chi connectivity index (χ0) is 10.6. The Labute approximate surface area is 88.8 Å². The lowest BCUT2D eigenvalue weighted by atomic mass is 9.84. The van der Waals surface area contributed by atoms with Crippen molar-refractivity contribution in [2.45, 2.75) is 46.1 Å². The molecular weight excluding hydrogens is 172 g/mol. The minimum absolute atomic E-state index is 0.774. The first kappa shape index (κ1) is 12.0. The summed E-state index contributed by atoms with van der Waals surface area (Å²) < 4.78 is 0. The molecule has 2 nitrogen and oxygen atoms in total. The molecule has 84 valence electrons. The van der Waals surface area contributed by atoms with Gasteiger partial charge >= 0.3 is 0 Å². The Kier molecular flexibility index (Phi) is 4.90. The topological polar surface area (TPSA) is 29.3 Å². The van der Waals surface area contributed by atoms with E-state index in [1.54, 1.807) is 0 Å². The lowest BCUT2D eigenvalue weighted by Gasteiger charge is -2.41. The largest absolute Gasteiger partial charge is 0.329 e. The molecule has 0 aromatic rings. The maximum atomic E-state index is 5.65. The Morgan fingerprint density at radius 1 is 1.43 bits per heavy atom. The van der Waals surface area contributed by atoms with Gasteiger partial charge in [0.2, 0.25) is 0 Å². The molecule has 2 atom stereocenters. The van der Waals surface area contributed by atoms with Crippen LogP contribution in [0.1, 0.15) is 40.0 Å². The van der Waals surface area contributed by atoms with E-state index in [-0.39, 0.29) is 0 Å². The minimum Gasteiger partial charge on any atom is -0.329 e. The molecule has 2 N–H and O–H groups in total. The molecule has 0 aliphatic carbocycles. The molecule has 0 bridgehead atoms. The van der Waals surface area contributed by atoms with Crippen LogP contribution in [0.15, 0.2) is 0 Å². The Balaban J connectivity index is 2.51. The molecular formula is C12H26N2. The number of rotatable bonds is 4. The van der Waals surface area contributed by atoms with Gasteiger partial charge in [0.15, 0.2) is 0 Å². The summed E-state index contributed by atoms with van der Waals surface area (Å²) in [5.41, 5.74) is 5.65. The molecule has 1 rings (SSSR count). The lowest BCUT2D eigenvalue weighted by molar-refractivity contribution is 0.0822. The fourth-order valence-electron chi connectivity index (χ4n) is 2.63. The van der Waals surface area contributed by atoms with Crippen molar-refractivity contribution in [3.63, 3.8) is 0 Å². The van der Waals surface area contributed by atoms with Gasteiger partial charge in [-0.1, -0.05) is 27.2 Å². The quantitative estimate of drug-likeness (QED) is 0.749. The summed E-state index contributed by atoms with van der Waals surface area (Å²) in [5, 5.41) is 0. The van der Waals surface area contributed by atoms with Crippen LogP contribution in [-0.4, -0.2) is 30.6 Å². The smallest absolute Gasteiger partial charge is 0.0121 e. The van der Waals surface area contributed by atoms with Gasteiger partial charge in [0.1, 0.15) is 0 Å².